The maximum Gasteiger partial charge on any atom is 0.203 e. The molecule has 16 heavy (non-hydrogen) atoms. The minimum absolute atomic E-state index is 0.00370. The van der Waals surface area contributed by atoms with Gasteiger partial charge in [0.15, 0.2) is 0 Å². The predicted octanol–water partition coefficient (Wildman–Crippen LogP) is 3.58. The molecule has 1 unspecified atom stereocenters. The van der Waals surface area contributed by atoms with Crippen LogP contribution in [0.4, 0.5) is 5.13 Å². The molecule has 0 aliphatic carbocycles. The lowest BCUT2D eigenvalue weighted by molar-refractivity contribution is 0.869. The highest BCUT2D eigenvalue weighted by Gasteiger charge is 2.18. The van der Waals surface area contributed by atoms with Gasteiger partial charge in [0, 0.05) is 16.0 Å². The number of nitrogen functional groups attached to an aromatic ring is 1. The van der Waals surface area contributed by atoms with E-state index in [1.165, 1.54) is 11.3 Å². The van der Waals surface area contributed by atoms with Crippen molar-refractivity contribution in [1.29, 1.82) is 0 Å². The molecule has 0 aliphatic rings. The third-order valence-electron chi connectivity index (χ3n) is 2.26. The number of hydrogen-bond donors (Lipinski definition) is 1. The van der Waals surface area contributed by atoms with Crippen LogP contribution in [-0.2, 0) is 0 Å². The summed E-state index contributed by atoms with van der Waals surface area (Å²) in [6.45, 7) is 1.98. The summed E-state index contributed by atoms with van der Waals surface area (Å²) in [5.41, 5.74) is 6.41. The third kappa shape index (κ3) is 2.14. The fourth-order valence-electron chi connectivity index (χ4n) is 1.47. The normalized spacial score (nSPS) is 12.7. The predicted molar refractivity (Wildman–Crippen MR) is 68.3 cm³/mol. The van der Waals surface area contributed by atoms with E-state index >= 15 is 0 Å². The fraction of sp³-hybridized carbons (Fsp3) is 0.200. The Morgan fingerprint density at radius 1 is 1.25 bits per heavy atom. The summed E-state index contributed by atoms with van der Waals surface area (Å²) in [4.78, 5) is 0. The van der Waals surface area contributed by atoms with Gasteiger partial charge in [0.25, 0.3) is 0 Å². The van der Waals surface area contributed by atoms with Gasteiger partial charge in [0.1, 0.15) is 5.01 Å². The third-order valence-corrected chi connectivity index (χ3v) is 3.85. The van der Waals surface area contributed by atoms with E-state index in [2.05, 4.69) is 10.2 Å². The van der Waals surface area contributed by atoms with Crippen molar-refractivity contribution in [3.63, 3.8) is 0 Å². The van der Waals surface area contributed by atoms with Gasteiger partial charge in [-0.05, 0) is 17.7 Å². The lowest BCUT2D eigenvalue weighted by Crippen LogP contribution is -1.97. The maximum atomic E-state index is 6.12. The van der Waals surface area contributed by atoms with Crippen LogP contribution in [0.1, 0.15) is 23.4 Å². The van der Waals surface area contributed by atoms with Gasteiger partial charge in [-0.1, -0.05) is 47.5 Å². The largest absolute Gasteiger partial charge is 0.374 e. The Bertz CT molecular complexity index is 492. The van der Waals surface area contributed by atoms with Crippen molar-refractivity contribution < 1.29 is 0 Å². The van der Waals surface area contributed by atoms with E-state index in [-0.39, 0.29) is 5.92 Å². The molecule has 84 valence electrons. The number of anilines is 1. The Hall–Kier alpha value is -0.840. The summed E-state index contributed by atoms with van der Waals surface area (Å²) in [6, 6.07) is 5.43. The van der Waals surface area contributed by atoms with Gasteiger partial charge in [0.05, 0.1) is 0 Å². The highest BCUT2D eigenvalue weighted by Crippen LogP contribution is 2.36. The molecular formula is C10H9Cl2N3S. The lowest BCUT2D eigenvalue weighted by atomic mass is 10.0. The molecule has 0 aliphatic heterocycles. The van der Waals surface area contributed by atoms with E-state index in [0.717, 1.165) is 10.6 Å². The molecule has 1 atom stereocenters. The number of nitrogens with two attached hydrogens (primary N) is 1. The van der Waals surface area contributed by atoms with Crippen molar-refractivity contribution in [1.82, 2.24) is 10.2 Å². The summed E-state index contributed by atoms with van der Waals surface area (Å²) >= 11 is 13.6. The fourth-order valence-corrected chi connectivity index (χ4v) is 2.87. The van der Waals surface area contributed by atoms with Crippen LogP contribution < -0.4 is 5.73 Å². The van der Waals surface area contributed by atoms with E-state index in [9.17, 15) is 0 Å². The summed E-state index contributed by atoms with van der Waals surface area (Å²) in [5.74, 6) is -0.00370. The van der Waals surface area contributed by atoms with Gasteiger partial charge in [-0.25, -0.2) is 0 Å². The van der Waals surface area contributed by atoms with Gasteiger partial charge < -0.3 is 5.73 Å². The molecule has 3 nitrogen and oxygen atoms in total. The van der Waals surface area contributed by atoms with Crippen molar-refractivity contribution in [2.24, 2.45) is 0 Å². The monoisotopic (exact) mass is 273 g/mol. The molecule has 0 radical (unpaired) electrons. The smallest absolute Gasteiger partial charge is 0.203 e. The van der Waals surface area contributed by atoms with Crippen molar-refractivity contribution >= 4 is 39.7 Å². The first kappa shape index (κ1) is 11.6. The molecule has 0 spiro atoms. The van der Waals surface area contributed by atoms with Gasteiger partial charge in [-0.3, -0.25) is 0 Å². The van der Waals surface area contributed by atoms with E-state index in [1.54, 1.807) is 0 Å². The van der Waals surface area contributed by atoms with Crippen LogP contribution in [0.3, 0.4) is 0 Å². The van der Waals surface area contributed by atoms with Crippen molar-refractivity contribution in [2.75, 3.05) is 5.73 Å². The van der Waals surface area contributed by atoms with Gasteiger partial charge in [-0.15, -0.1) is 10.2 Å². The molecule has 2 N–H and O–H groups in total. The number of aromatic nitrogens is 2. The van der Waals surface area contributed by atoms with Gasteiger partial charge in [0.2, 0.25) is 5.13 Å². The Kier molecular flexibility index (Phi) is 3.33. The van der Waals surface area contributed by atoms with Crippen LogP contribution in [0.25, 0.3) is 0 Å². The average Bonchev–Trinajstić information content (AvgIpc) is 2.64. The second-order valence-electron chi connectivity index (χ2n) is 3.34. The minimum Gasteiger partial charge on any atom is -0.374 e. The molecule has 1 aromatic heterocycles. The topological polar surface area (TPSA) is 51.8 Å². The average molecular weight is 274 g/mol. The van der Waals surface area contributed by atoms with Crippen molar-refractivity contribution in [2.45, 2.75) is 12.8 Å². The molecule has 0 bridgehead atoms. The zero-order valence-electron chi connectivity index (χ0n) is 8.45. The Morgan fingerprint density at radius 3 is 2.38 bits per heavy atom. The lowest BCUT2D eigenvalue weighted by Gasteiger charge is -2.11. The summed E-state index contributed by atoms with van der Waals surface area (Å²) in [7, 11) is 0. The van der Waals surface area contributed by atoms with E-state index < -0.39 is 0 Å². The molecule has 0 saturated carbocycles. The quantitative estimate of drug-likeness (QED) is 0.910. The first-order valence-electron chi connectivity index (χ1n) is 4.62. The van der Waals surface area contributed by atoms with Crippen LogP contribution in [0.5, 0.6) is 0 Å². The van der Waals surface area contributed by atoms with Crippen LogP contribution in [0.15, 0.2) is 18.2 Å². The first-order valence-corrected chi connectivity index (χ1v) is 6.19. The van der Waals surface area contributed by atoms with Crippen LogP contribution >= 0.6 is 34.5 Å². The first-order chi connectivity index (χ1) is 7.59. The number of halogens is 2. The summed E-state index contributed by atoms with van der Waals surface area (Å²) in [6.07, 6.45) is 0. The zero-order chi connectivity index (χ0) is 11.7. The van der Waals surface area contributed by atoms with Crippen LogP contribution in [-0.4, -0.2) is 10.2 Å². The summed E-state index contributed by atoms with van der Waals surface area (Å²) in [5, 5.41) is 10.3. The Labute approximate surface area is 107 Å². The molecule has 1 heterocycles. The minimum atomic E-state index is -0.00370. The Balaban J connectivity index is 2.45. The molecular weight excluding hydrogens is 265 g/mol. The number of rotatable bonds is 2. The Morgan fingerprint density at radius 2 is 1.88 bits per heavy atom. The number of nitrogens with zero attached hydrogens (tertiary/aromatic N) is 2. The molecule has 1 aromatic carbocycles. The SMILES string of the molecule is CC(c1nnc(N)s1)c1c(Cl)cccc1Cl. The molecule has 0 amide bonds. The number of hydrogen-bond acceptors (Lipinski definition) is 4. The van der Waals surface area contributed by atoms with E-state index in [0.29, 0.717) is 15.2 Å². The highest BCUT2D eigenvalue weighted by atomic mass is 35.5. The second kappa shape index (κ2) is 4.57. The molecule has 0 fully saturated rings. The van der Waals surface area contributed by atoms with E-state index in [1.807, 2.05) is 25.1 Å². The second-order valence-corrected chi connectivity index (χ2v) is 5.19. The molecule has 2 aromatic rings. The van der Waals surface area contributed by atoms with Crippen LogP contribution in [0.2, 0.25) is 10.0 Å². The number of benzene rings is 1. The van der Waals surface area contributed by atoms with Gasteiger partial charge in [-0.2, -0.15) is 0 Å². The molecule has 2 rings (SSSR count). The zero-order valence-corrected chi connectivity index (χ0v) is 10.8. The summed E-state index contributed by atoms with van der Waals surface area (Å²) < 4.78 is 0. The highest BCUT2D eigenvalue weighted by molar-refractivity contribution is 7.15. The van der Waals surface area contributed by atoms with Crippen molar-refractivity contribution in [3.8, 4) is 0 Å². The molecule has 0 saturated heterocycles. The van der Waals surface area contributed by atoms with Gasteiger partial charge >= 0.3 is 0 Å². The molecule has 6 heteroatoms. The standard InChI is InChI=1S/C10H9Cl2N3S/c1-5(9-14-15-10(13)16-9)8-6(11)3-2-4-7(8)12/h2-5H,1H3,(H2,13,15). The van der Waals surface area contributed by atoms with Crippen molar-refractivity contribution in [3.05, 3.63) is 38.8 Å². The maximum absolute atomic E-state index is 6.12. The van der Waals surface area contributed by atoms with Crippen LogP contribution in [0, 0.1) is 0 Å². The van der Waals surface area contributed by atoms with E-state index in [4.69, 9.17) is 28.9 Å².